The molecule has 2 saturated carbocycles. The standard InChI is InChI=1S/C28H39N3O2/c1-18-9-12-25(26(32)29-18)31-17-22-16-20(10-11-23(22)27(31)33)15-21-7-4-5-8-24(21)30-19(2)28(3)13-6-14-28/h10-11,16,19,21,24-25,30H,1,4-9,12-15,17H2,2-3H3,(H,29,32)/t19?,21-,24+,25?/m1/s1. The molecule has 2 heterocycles. The summed E-state index contributed by atoms with van der Waals surface area (Å²) in [6, 6.07) is 7.13. The number of carbonyl (C=O) groups excluding carboxylic acids is 2. The fraction of sp³-hybridized carbons (Fsp3) is 0.643. The molecular weight excluding hydrogens is 410 g/mol. The second-order valence-corrected chi connectivity index (χ2v) is 11.3. The van der Waals surface area contributed by atoms with Gasteiger partial charge in [-0.1, -0.05) is 44.9 Å². The quantitative estimate of drug-likeness (QED) is 0.662. The van der Waals surface area contributed by atoms with Crippen LogP contribution >= 0.6 is 0 Å². The molecule has 1 aromatic rings. The molecule has 0 aromatic heterocycles. The van der Waals surface area contributed by atoms with Crippen LogP contribution in [0.15, 0.2) is 30.5 Å². The van der Waals surface area contributed by atoms with Crippen LogP contribution in [0.3, 0.4) is 0 Å². The van der Waals surface area contributed by atoms with Crippen molar-refractivity contribution in [2.75, 3.05) is 0 Å². The van der Waals surface area contributed by atoms with Gasteiger partial charge in [0, 0.05) is 29.9 Å². The van der Waals surface area contributed by atoms with E-state index in [2.05, 4.69) is 43.2 Å². The molecule has 2 aliphatic carbocycles. The predicted octanol–water partition coefficient (Wildman–Crippen LogP) is 4.70. The van der Waals surface area contributed by atoms with E-state index in [0.29, 0.717) is 36.4 Å². The van der Waals surface area contributed by atoms with E-state index >= 15 is 0 Å². The van der Waals surface area contributed by atoms with Crippen LogP contribution in [0.2, 0.25) is 0 Å². The molecule has 5 rings (SSSR count). The van der Waals surface area contributed by atoms with E-state index in [1.807, 2.05) is 6.07 Å². The van der Waals surface area contributed by atoms with E-state index in [0.717, 1.165) is 29.7 Å². The molecule has 1 saturated heterocycles. The second kappa shape index (κ2) is 8.90. The number of fused-ring (bicyclic) bond motifs is 1. The number of nitrogens with zero attached hydrogens (tertiary/aromatic N) is 1. The van der Waals surface area contributed by atoms with Gasteiger partial charge in [0.15, 0.2) is 0 Å². The van der Waals surface area contributed by atoms with Crippen LogP contribution in [0.5, 0.6) is 0 Å². The summed E-state index contributed by atoms with van der Waals surface area (Å²) in [6.45, 7) is 9.22. The Labute approximate surface area is 198 Å². The molecule has 178 valence electrons. The van der Waals surface area contributed by atoms with Crippen molar-refractivity contribution in [3.8, 4) is 0 Å². The van der Waals surface area contributed by atoms with Gasteiger partial charge in [-0.05, 0) is 80.4 Å². The number of carbonyl (C=O) groups is 2. The van der Waals surface area contributed by atoms with Crippen molar-refractivity contribution in [1.29, 1.82) is 0 Å². The van der Waals surface area contributed by atoms with Gasteiger partial charge < -0.3 is 15.5 Å². The average molecular weight is 450 g/mol. The summed E-state index contributed by atoms with van der Waals surface area (Å²) >= 11 is 0. The lowest BCUT2D eigenvalue weighted by Crippen LogP contribution is -2.52. The van der Waals surface area contributed by atoms with E-state index in [1.165, 1.54) is 50.5 Å². The monoisotopic (exact) mass is 449 g/mol. The lowest BCUT2D eigenvalue weighted by Gasteiger charge is -2.47. The number of piperidine rings is 1. The predicted molar refractivity (Wildman–Crippen MR) is 131 cm³/mol. The van der Waals surface area contributed by atoms with Crippen molar-refractivity contribution in [2.45, 2.75) is 103 Å². The van der Waals surface area contributed by atoms with Crippen molar-refractivity contribution in [3.05, 3.63) is 47.2 Å². The molecule has 2 N–H and O–H groups in total. The van der Waals surface area contributed by atoms with Gasteiger partial charge in [-0.25, -0.2) is 0 Å². The minimum Gasteiger partial charge on any atom is -0.329 e. The van der Waals surface area contributed by atoms with Crippen molar-refractivity contribution >= 4 is 11.8 Å². The molecule has 33 heavy (non-hydrogen) atoms. The zero-order valence-corrected chi connectivity index (χ0v) is 20.3. The largest absolute Gasteiger partial charge is 0.329 e. The summed E-state index contributed by atoms with van der Waals surface area (Å²) in [6.07, 6.45) is 11.7. The van der Waals surface area contributed by atoms with Crippen molar-refractivity contribution in [3.63, 3.8) is 0 Å². The number of allylic oxidation sites excluding steroid dienone is 1. The Bertz CT molecular complexity index is 950. The maximum atomic E-state index is 13.0. The fourth-order valence-electron chi connectivity index (χ4n) is 6.50. The average Bonchev–Trinajstić information content (AvgIpc) is 3.09. The van der Waals surface area contributed by atoms with Crippen LogP contribution in [-0.4, -0.2) is 34.8 Å². The Hall–Kier alpha value is -2.14. The maximum absolute atomic E-state index is 13.0. The number of rotatable bonds is 6. The van der Waals surface area contributed by atoms with E-state index < -0.39 is 0 Å². The van der Waals surface area contributed by atoms with Gasteiger partial charge in [-0.3, -0.25) is 9.59 Å². The van der Waals surface area contributed by atoms with Crippen molar-refractivity contribution in [2.24, 2.45) is 11.3 Å². The number of hydrogen-bond donors (Lipinski definition) is 2. The third-order valence-electron chi connectivity index (χ3n) is 9.11. The smallest absolute Gasteiger partial charge is 0.255 e. The fourth-order valence-corrected chi connectivity index (χ4v) is 6.50. The Morgan fingerprint density at radius 3 is 2.70 bits per heavy atom. The van der Waals surface area contributed by atoms with Crippen molar-refractivity contribution in [1.82, 2.24) is 15.5 Å². The summed E-state index contributed by atoms with van der Waals surface area (Å²) in [5.41, 5.74) is 4.38. The minimum atomic E-state index is -0.389. The number of benzene rings is 1. The highest BCUT2D eigenvalue weighted by Crippen LogP contribution is 2.44. The molecule has 0 bridgehead atoms. The van der Waals surface area contributed by atoms with Crippen LogP contribution in [0.1, 0.15) is 93.1 Å². The van der Waals surface area contributed by atoms with Crippen LogP contribution in [-0.2, 0) is 17.8 Å². The first-order chi connectivity index (χ1) is 15.8. The third-order valence-corrected chi connectivity index (χ3v) is 9.11. The highest BCUT2D eigenvalue weighted by atomic mass is 16.2. The first-order valence-corrected chi connectivity index (χ1v) is 13.0. The third kappa shape index (κ3) is 4.37. The topological polar surface area (TPSA) is 61.4 Å². The molecule has 2 amide bonds. The van der Waals surface area contributed by atoms with Gasteiger partial charge in [0.2, 0.25) is 5.91 Å². The van der Waals surface area contributed by atoms with Crippen molar-refractivity contribution < 1.29 is 9.59 Å². The van der Waals surface area contributed by atoms with E-state index in [-0.39, 0.29) is 17.9 Å². The van der Waals surface area contributed by atoms with E-state index in [9.17, 15) is 9.59 Å². The number of amides is 2. The summed E-state index contributed by atoms with van der Waals surface area (Å²) in [7, 11) is 0. The summed E-state index contributed by atoms with van der Waals surface area (Å²) in [5, 5.41) is 6.86. The molecule has 0 spiro atoms. The summed E-state index contributed by atoms with van der Waals surface area (Å²) in [4.78, 5) is 27.3. The van der Waals surface area contributed by atoms with Gasteiger partial charge >= 0.3 is 0 Å². The van der Waals surface area contributed by atoms with Gasteiger partial charge in [0.25, 0.3) is 5.91 Å². The molecule has 0 radical (unpaired) electrons. The normalized spacial score (nSPS) is 29.9. The molecule has 5 nitrogen and oxygen atoms in total. The van der Waals surface area contributed by atoms with Gasteiger partial charge in [-0.2, -0.15) is 0 Å². The molecule has 1 aromatic carbocycles. The maximum Gasteiger partial charge on any atom is 0.255 e. The lowest BCUT2D eigenvalue weighted by molar-refractivity contribution is -0.126. The number of hydrogen-bond acceptors (Lipinski definition) is 3. The van der Waals surface area contributed by atoms with Crippen LogP contribution < -0.4 is 10.6 Å². The molecule has 5 heteroatoms. The lowest BCUT2D eigenvalue weighted by atomic mass is 9.65. The van der Waals surface area contributed by atoms with Crippen LogP contribution in [0.25, 0.3) is 0 Å². The van der Waals surface area contributed by atoms with Gasteiger partial charge in [0.05, 0.1) is 0 Å². The van der Waals surface area contributed by atoms with Gasteiger partial charge in [-0.15, -0.1) is 0 Å². The molecule has 4 atom stereocenters. The van der Waals surface area contributed by atoms with Crippen LogP contribution in [0, 0.1) is 11.3 Å². The molecule has 2 unspecified atom stereocenters. The summed E-state index contributed by atoms with van der Waals surface area (Å²) in [5.74, 6) is 0.535. The highest BCUT2D eigenvalue weighted by molar-refractivity contribution is 6.01. The van der Waals surface area contributed by atoms with Gasteiger partial charge in [0.1, 0.15) is 6.04 Å². The Morgan fingerprint density at radius 1 is 1.18 bits per heavy atom. The molecule has 4 aliphatic rings. The highest BCUT2D eigenvalue weighted by Gasteiger charge is 2.40. The zero-order chi connectivity index (χ0) is 23.2. The van der Waals surface area contributed by atoms with E-state index in [1.54, 1.807) is 4.90 Å². The Morgan fingerprint density at radius 2 is 1.97 bits per heavy atom. The SMILES string of the molecule is C=C1CCC(N2Cc3cc(C[C@H]4CCCC[C@@H]4NC(C)C4(C)CCC4)ccc3C2=O)C(=O)N1. The molecular formula is C28H39N3O2. The second-order valence-electron chi connectivity index (χ2n) is 11.3. The molecule has 2 aliphatic heterocycles. The van der Waals surface area contributed by atoms with E-state index in [4.69, 9.17) is 0 Å². The summed E-state index contributed by atoms with van der Waals surface area (Å²) < 4.78 is 0. The van der Waals surface area contributed by atoms with Crippen LogP contribution in [0.4, 0.5) is 0 Å². The first kappa shape index (κ1) is 22.6. The Balaban J connectivity index is 1.26. The molecule has 3 fully saturated rings. The minimum absolute atomic E-state index is 0.0102. The number of nitrogens with one attached hydrogen (secondary N) is 2. The Kier molecular flexibility index (Phi) is 6.11. The zero-order valence-electron chi connectivity index (χ0n) is 20.3. The first-order valence-electron chi connectivity index (χ1n) is 13.0.